The second-order valence-corrected chi connectivity index (χ2v) is 6.83. The summed E-state index contributed by atoms with van der Waals surface area (Å²) < 4.78 is 4.10. The Balaban J connectivity index is 1.90. The Morgan fingerprint density at radius 3 is 2.14 bits per heavy atom. The van der Waals surface area contributed by atoms with E-state index in [9.17, 15) is 10.5 Å². The van der Waals surface area contributed by atoms with Gasteiger partial charge in [0.2, 0.25) is 0 Å². The Morgan fingerprint density at radius 1 is 0.714 bits per heavy atom. The predicted molar refractivity (Wildman–Crippen MR) is 108 cm³/mol. The first-order valence-electron chi connectivity index (χ1n) is 8.87. The van der Waals surface area contributed by atoms with Crippen molar-refractivity contribution in [2.45, 2.75) is 0 Å². The summed E-state index contributed by atoms with van der Waals surface area (Å²) in [5.41, 5.74) is 5.93. The van der Waals surface area contributed by atoms with Crippen molar-refractivity contribution in [3.8, 4) is 17.8 Å². The Labute approximate surface area is 159 Å². The van der Waals surface area contributed by atoms with Gasteiger partial charge in [0.15, 0.2) is 0 Å². The number of hydrogen-bond acceptors (Lipinski definition) is 3. The standard InChI is InChI=1S/C23H11N5/c24-12-14-9-15(13-25)11-16(10-14)27-19-4-1-3-17-18-7-8-26-28(18)21-6-2-5-20(27)23(21)22(17)19/h1-11H. The maximum atomic E-state index is 9.41. The van der Waals surface area contributed by atoms with Gasteiger partial charge in [0, 0.05) is 21.8 Å². The van der Waals surface area contributed by atoms with Crippen LogP contribution in [-0.2, 0) is 0 Å². The molecule has 5 nitrogen and oxygen atoms in total. The molecule has 3 heterocycles. The third kappa shape index (κ3) is 1.70. The van der Waals surface area contributed by atoms with Gasteiger partial charge in [0.25, 0.3) is 0 Å². The van der Waals surface area contributed by atoms with E-state index in [1.807, 2.05) is 41.0 Å². The van der Waals surface area contributed by atoms with Crippen LogP contribution in [0.3, 0.4) is 0 Å². The highest BCUT2D eigenvalue weighted by Crippen LogP contribution is 2.40. The molecular formula is C23H11N5. The van der Waals surface area contributed by atoms with E-state index in [0.29, 0.717) is 11.1 Å². The fourth-order valence-electron chi connectivity index (χ4n) is 4.33. The SMILES string of the molecule is N#Cc1cc(C#N)cc(-n2c3cccc4c3c3c2cccc3n2nccc42)c1. The van der Waals surface area contributed by atoms with Crippen molar-refractivity contribution >= 4 is 38.2 Å². The van der Waals surface area contributed by atoms with Gasteiger partial charge in [-0.3, -0.25) is 0 Å². The van der Waals surface area contributed by atoms with Crippen LogP contribution in [0.4, 0.5) is 0 Å². The topological polar surface area (TPSA) is 69.8 Å². The van der Waals surface area contributed by atoms with E-state index in [-0.39, 0.29) is 0 Å². The molecule has 28 heavy (non-hydrogen) atoms. The number of nitriles is 2. The van der Waals surface area contributed by atoms with Crippen molar-refractivity contribution in [1.29, 1.82) is 10.5 Å². The van der Waals surface area contributed by atoms with Crippen molar-refractivity contribution in [2.75, 3.05) is 0 Å². The predicted octanol–water partition coefficient (Wildman–Crippen LogP) is 4.77. The fourth-order valence-corrected chi connectivity index (χ4v) is 4.33. The van der Waals surface area contributed by atoms with E-state index in [2.05, 4.69) is 46.1 Å². The highest BCUT2D eigenvalue weighted by molar-refractivity contribution is 6.26. The average Bonchev–Trinajstić information content (AvgIpc) is 3.36. The summed E-state index contributed by atoms with van der Waals surface area (Å²) in [6.45, 7) is 0. The van der Waals surface area contributed by atoms with Gasteiger partial charge < -0.3 is 4.57 Å². The summed E-state index contributed by atoms with van der Waals surface area (Å²) >= 11 is 0. The number of nitrogens with zero attached hydrogens (tertiary/aromatic N) is 5. The number of hydrogen-bond donors (Lipinski definition) is 0. The monoisotopic (exact) mass is 357 g/mol. The van der Waals surface area contributed by atoms with Crippen molar-refractivity contribution in [2.24, 2.45) is 0 Å². The molecule has 0 radical (unpaired) electrons. The van der Waals surface area contributed by atoms with Gasteiger partial charge in [-0.05, 0) is 42.5 Å². The lowest BCUT2D eigenvalue weighted by Gasteiger charge is -2.08. The molecule has 3 aromatic carbocycles. The molecule has 6 rings (SSSR count). The third-order valence-electron chi connectivity index (χ3n) is 5.38. The molecular weight excluding hydrogens is 346 g/mol. The summed E-state index contributed by atoms with van der Waals surface area (Å²) in [5, 5.41) is 26.8. The van der Waals surface area contributed by atoms with Gasteiger partial charge in [-0.1, -0.05) is 18.2 Å². The summed E-state index contributed by atoms with van der Waals surface area (Å²) in [7, 11) is 0. The normalized spacial score (nSPS) is 11.5. The van der Waals surface area contributed by atoms with Gasteiger partial charge in [-0.15, -0.1) is 0 Å². The molecule has 6 aromatic rings. The maximum absolute atomic E-state index is 9.41. The van der Waals surface area contributed by atoms with Crippen LogP contribution in [0.15, 0.2) is 66.9 Å². The largest absolute Gasteiger partial charge is 0.309 e. The zero-order chi connectivity index (χ0) is 18.8. The second kappa shape index (κ2) is 5.09. The highest BCUT2D eigenvalue weighted by atomic mass is 15.2. The van der Waals surface area contributed by atoms with Gasteiger partial charge in [-0.25, -0.2) is 4.52 Å². The lowest BCUT2D eigenvalue weighted by molar-refractivity contribution is 1.01. The summed E-state index contributed by atoms with van der Waals surface area (Å²) in [4.78, 5) is 0. The molecule has 0 amide bonds. The molecule has 0 N–H and O–H groups in total. The molecule has 0 saturated carbocycles. The first-order chi connectivity index (χ1) is 13.8. The lowest BCUT2D eigenvalue weighted by atomic mass is 10.1. The number of benzene rings is 3. The smallest absolute Gasteiger partial charge is 0.0992 e. The van der Waals surface area contributed by atoms with Crippen LogP contribution in [0, 0.1) is 22.7 Å². The van der Waals surface area contributed by atoms with E-state index < -0.39 is 0 Å². The summed E-state index contributed by atoms with van der Waals surface area (Å²) in [5.74, 6) is 0. The maximum Gasteiger partial charge on any atom is 0.0992 e. The number of aromatic nitrogens is 3. The quantitative estimate of drug-likeness (QED) is 0.398. The molecule has 0 bridgehead atoms. The Hall–Kier alpha value is -4.35. The number of pyridine rings is 1. The van der Waals surface area contributed by atoms with Gasteiger partial charge in [0.05, 0.1) is 51.5 Å². The molecule has 0 aliphatic rings. The zero-order valence-electron chi connectivity index (χ0n) is 14.6. The fraction of sp³-hybridized carbons (Fsp3) is 0. The van der Waals surface area contributed by atoms with Crippen LogP contribution in [0.2, 0.25) is 0 Å². The van der Waals surface area contributed by atoms with E-state index in [0.717, 1.165) is 38.5 Å². The van der Waals surface area contributed by atoms with Gasteiger partial charge in [0.1, 0.15) is 0 Å². The van der Waals surface area contributed by atoms with Crippen molar-refractivity contribution < 1.29 is 0 Å². The van der Waals surface area contributed by atoms with E-state index in [1.54, 1.807) is 6.07 Å². The zero-order valence-corrected chi connectivity index (χ0v) is 14.6. The molecule has 0 aliphatic heterocycles. The third-order valence-corrected chi connectivity index (χ3v) is 5.38. The van der Waals surface area contributed by atoms with E-state index in [4.69, 9.17) is 0 Å². The van der Waals surface area contributed by atoms with Crippen molar-refractivity contribution in [1.82, 2.24) is 14.2 Å². The minimum Gasteiger partial charge on any atom is -0.309 e. The van der Waals surface area contributed by atoms with Gasteiger partial charge >= 0.3 is 0 Å². The Morgan fingerprint density at radius 2 is 1.39 bits per heavy atom. The minimum absolute atomic E-state index is 0.471. The molecule has 3 aromatic heterocycles. The summed E-state index contributed by atoms with van der Waals surface area (Å²) in [6.07, 6.45) is 1.82. The Bertz CT molecular complexity index is 1520. The highest BCUT2D eigenvalue weighted by Gasteiger charge is 2.20. The van der Waals surface area contributed by atoms with E-state index >= 15 is 0 Å². The Kier molecular flexibility index (Phi) is 2.69. The molecule has 0 spiro atoms. The molecule has 0 unspecified atom stereocenters. The first kappa shape index (κ1) is 14.8. The molecule has 5 heteroatoms. The van der Waals surface area contributed by atoms with Crippen molar-refractivity contribution in [3.05, 3.63) is 78.0 Å². The lowest BCUT2D eigenvalue weighted by Crippen LogP contribution is -1.96. The first-order valence-corrected chi connectivity index (χ1v) is 8.87. The van der Waals surface area contributed by atoms with E-state index in [1.165, 1.54) is 5.39 Å². The van der Waals surface area contributed by atoms with Crippen LogP contribution in [0.25, 0.3) is 43.9 Å². The molecule has 128 valence electrons. The van der Waals surface area contributed by atoms with Crippen LogP contribution in [-0.4, -0.2) is 14.2 Å². The van der Waals surface area contributed by atoms with Crippen LogP contribution in [0.5, 0.6) is 0 Å². The number of rotatable bonds is 1. The van der Waals surface area contributed by atoms with Crippen molar-refractivity contribution in [3.63, 3.8) is 0 Å². The van der Waals surface area contributed by atoms with Crippen LogP contribution >= 0.6 is 0 Å². The van der Waals surface area contributed by atoms with Crippen LogP contribution < -0.4 is 0 Å². The molecule has 0 saturated heterocycles. The van der Waals surface area contributed by atoms with Gasteiger partial charge in [-0.2, -0.15) is 15.6 Å². The number of fused-ring (bicyclic) bond motifs is 3. The average molecular weight is 357 g/mol. The van der Waals surface area contributed by atoms with Crippen LogP contribution in [0.1, 0.15) is 11.1 Å². The minimum atomic E-state index is 0.471. The summed E-state index contributed by atoms with van der Waals surface area (Å²) in [6, 6.07) is 24.0. The molecule has 0 atom stereocenters. The molecule has 0 aliphatic carbocycles. The second-order valence-electron chi connectivity index (χ2n) is 6.83. The molecule has 0 fully saturated rings.